The molecule has 196 valence electrons. The number of ketones is 2. The van der Waals surface area contributed by atoms with Crippen molar-refractivity contribution in [3.8, 4) is 40.2 Å². The Kier molecular flexibility index (Phi) is 7.97. The molecule has 4 aromatic carbocycles. The zero-order valence-electron chi connectivity index (χ0n) is 20.7. The highest BCUT2D eigenvalue weighted by Gasteiger charge is 2.17. The lowest BCUT2D eigenvalue weighted by atomic mass is 10.1. The summed E-state index contributed by atoms with van der Waals surface area (Å²) in [4.78, 5) is 25.3. The maximum Gasteiger partial charge on any atom is 0.189 e. The molecule has 0 amide bonds. The number of allylic oxidation sites excluding steroid dienone is 2. The monoisotopic (exact) mass is 524 g/mol. The SMILES string of the molecule is COc1cc(O)c(C(=O)/C=C/c2ccc(O)cc2)cc1Oc1ccc(C(=O)/C=C/c2ccc(O)cc2)c(O)c1. The average molecular weight is 525 g/mol. The predicted molar refractivity (Wildman–Crippen MR) is 146 cm³/mol. The lowest BCUT2D eigenvalue weighted by Crippen LogP contribution is -1.99. The van der Waals surface area contributed by atoms with Gasteiger partial charge in [-0.1, -0.05) is 36.4 Å². The van der Waals surface area contributed by atoms with Crippen LogP contribution in [0.25, 0.3) is 12.2 Å². The molecular formula is C31H24O8. The Morgan fingerprint density at radius 1 is 0.615 bits per heavy atom. The van der Waals surface area contributed by atoms with Gasteiger partial charge in [-0.05, 0) is 65.7 Å². The van der Waals surface area contributed by atoms with E-state index in [4.69, 9.17) is 9.47 Å². The summed E-state index contributed by atoms with van der Waals surface area (Å²) in [6, 6.07) is 19.2. The number of rotatable bonds is 9. The van der Waals surface area contributed by atoms with E-state index in [1.165, 1.54) is 79.9 Å². The maximum absolute atomic E-state index is 12.8. The first kappa shape index (κ1) is 26.6. The van der Waals surface area contributed by atoms with E-state index in [2.05, 4.69) is 0 Å². The molecule has 4 N–H and O–H groups in total. The molecule has 39 heavy (non-hydrogen) atoms. The van der Waals surface area contributed by atoms with Crippen molar-refractivity contribution < 1.29 is 39.5 Å². The summed E-state index contributed by atoms with van der Waals surface area (Å²) in [6.07, 6.45) is 5.67. The van der Waals surface area contributed by atoms with E-state index in [0.29, 0.717) is 11.1 Å². The smallest absolute Gasteiger partial charge is 0.189 e. The van der Waals surface area contributed by atoms with Crippen molar-refractivity contribution in [3.05, 3.63) is 113 Å². The van der Waals surface area contributed by atoms with Crippen LogP contribution in [0.2, 0.25) is 0 Å². The van der Waals surface area contributed by atoms with Gasteiger partial charge >= 0.3 is 0 Å². The summed E-state index contributed by atoms with van der Waals surface area (Å²) in [5, 5.41) is 39.6. The predicted octanol–water partition coefficient (Wildman–Crippen LogP) is 6.10. The minimum atomic E-state index is -0.503. The summed E-state index contributed by atoms with van der Waals surface area (Å²) in [6.45, 7) is 0. The molecule has 0 saturated heterocycles. The van der Waals surface area contributed by atoms with Crippen molar-refractivity contribution in [1.29, 1.82) is 0 Å². The molecule has 0 fully saturated rings. The highest BCUT2D eigenvalue weighted by atomic mass is 16.5. The molecule has 4 rings (SSSR count). The van der Waals surface area contributed by atoms with Gasteiger partial charge in [0.2, 0.25) is 0 Å². The topological polar surface area (TPSA) is 134 Å². The average Bonchev–Trinajstić information content (AvgIpc) is 2.93. The van der Waals surface area contributed by atoms with E-state index in [0.717, 1.165) is 0 Å². The van der Waals surface area contributed by atoms with Crippen LogP contribution < -0.4 is 9.47 Å². The second kappa shape index (κ2) is 11.7. The second-order valence-electron chi connectivity index (χ2n) is 8.38. The summed E-state index contributed by atoms with van der Waals surface area (Å²) in [7, 11) is 1.37. The van der Waals surface area contributed by atoms with Gasteiger partial charge in [-0.3, -0.25) is 9.59 Å². The fourth-order valence-corrected chi connectivity index (χ4v) is 3.59. The van der Waals surface area contributed by atoms with Crippen molar-refractivity contribution in [2.75, 3.05) is 7.11 Å². The van der Waals surface area contributed by atoms with E-state index in [1.807, 2.05) is 0 Å². The van der Waals surface area contributed by atoms with Gasteiger partial charge in [0, 0.05) is 12.1 Å². The third kappa shape index (κ3) is 6.64. The number of hydrogen-bond acceptors (Lipinski definition) is 8. The number of phenolic OH excluding ortho intramolecular Hbond substituents is 4. The highest BCUT2D eigenvalue weighted by Crippen LogP contribution is 2.38. The third-order valence-corrected chi connectivity index (χ3v) is 5.65. The van der Waals surface area contributed by atoms with Crippen LogP contribution in [-0.4, -0.2) is 39.1 Å². The lowest BCUT2D eigenvalue weighted by molar-refractivity contribution is 0.103. The molecule has 0 saturated carbocycles. The molecular weight excluding hydrogens is 500 g/mol. The molecule has 8 heteroatoms. The Hall–Kier alpha value is -5.50. The van der Waals surface area contributed by atoms with Gasteiger partial charge in [-0.15, -0.1) is 0 Å². The van der Waals surface area contributed by atoms with E-state index >= 15 is 0 Å². The first-order valence-corrected chi connectivity index (χ1v) is 11.7. The molecule has 0 heterocycles. The number of hydrogen-bond donors (Lipinski definition) is 4. The van der Waals surface area contributed by atoms with Gasteiger partial charge < -0.3 is 29.9 Å². The highest BCUT2D eigenvalue weighted by molar-refractivity contribution is 6.09. The van der Waals surface area contributed by atoms with Crippen LogP contribution >= 0.6 is 0 Å². The molecule has 0 radical (unpaired) electrons. The summed E-state index contributed by atoms with van der Waals surface area (Å²) >= 11 is 0. The zero-order chi connectivity index (χ0) is 27.9. The standard InChI is InChI=1S/C31H24O8/c1-38-30-18-29(37)25(27(35)15-7-20-4-10-22(33)11-5-20)17-31(30)39-23-12-13-24(28(36)16-23)26(34)14-6-19-2-8-21(32)9-3-19/h2-18,32-33,36-37H,1H3/b14-6+,15-7+. The molecule has 8 nitrogen and oxygen atoms in total. The third-order valence-electron chi connectivity index (χ3n) is 5.65. The Morgan fingerprint density at radius 2 is 1.13 bits per heavy atom. The van der Waals surface area contributed by atoms with Crippen LogP contribution in [0.5, 0.6) is 40.2 Å². The maximum atomic E-state index is 12.8. The number of ether oxygens (including phenoxy) is 2. The van der Waals surface area contributed by atoms with Crippen molar-refractivity contribution in [2.24, 2.45) is 0 Å². The summed E-state index contributed by atoms with van der Waals surface area (Å²) in [5.41, 5.74) is 1.37. The van der Waals surface area contributed by atoms with Crippen molar-refractivity contribution in [3.63, 3.8) is 0 Å². The van der Waals surface area contributed by atoms with Gasteiger partial charge in [0.1, 0.15) is 28.7 Å². The Balaban J connectivity index is 1.53. The number of phenols is 4. The Labute approximate surface area is 224 Å². The second-order valence-corrected chi connectivity index (χ2v) is 8.38. The van der Waals surface area contributed by atoms with Crippen LogP contribution in [0.3, 0.4) is 0 Å². The minimum Gasteiger partial charge on any atom is -0.508 e. The number of methoxy groups -OCH3 is 1. The van der Waals surface area contributed by atoms with Crippen LogP contribution in [0.4, 0.5) is 0 Å². The molecule has 0 aliphatic rings. The minimum absolute atomic E-state index is 0.0452. The molecule has 0 unspecified atom stereocenters. The first-order valence-electron chi connectivity index (χ1n) is 11.7. The van der Waals surface area contributed by atoms with E-state index < -0.39 is 11.6 Å². The van der Waals surface area contributed by atoms with Crippen LogP contribution in [0.15, 0.2) is 91.0 Å². The summed E-state index contributed by atoms with van der Waals surface area (Å²) < 4.78 is 11.1. The number of benzene rings is 4. The summed E-state index contributed by atoms with van der Waals surface area (Å²) in [5.74, 6) is -0.970. The van der Waals surface area contributed by atoms with Crippen LogP contribution in [0.1, 0.15) is 31.8 Å². The molecule has 0 atom stereocenters. The molecule has 0 aromatic heterocycles. The number of carbonyl (C=O) groups is 2. The lowest BCUT2D eigenvalue weighted by Gasteiger charge is -2.13. The fraction of sp³-hybridized carbons (Fsp3) is 0.0323. The fourth-order valence-electron chi connectivity index (χ4n) is 3.59. The van der Waals surface area contributed by atoms with Gasteiger partial charge in [-0.25, -0.2) is 0 Å². The Morgan fingerprint density at radius 3 is 1.64 bits per heavy atom. The molecule has 4 aromatic rings. The van der Waals surface area contributed by atoms with E-state index in [9.17, 15) is 30.0 Å². The zero-order valence-corrected chi connectivity index (χ0v) is 20.7. The van der Waals surface area contributed by atoms with Gasteiger partial charge in [0.15, 0.2) is 23.1 Å². The van der Waals surface area contributed by atoms with Crippen LogP contribution in [-0.2, 0) is 0 Å². The molecule has 0 bridgehead atoms. The van der Waals surface area contributed by atoms with Gasteiger partial charge in [0.25, 0.3) is 0 Å². The van der Waals surface area contributed by atoms with Crippen molar-refractivity contribution in [2.45, 2.75) is 0 Å². The number of carbonyl (C=O) groups excluding carboxylic acids is 2. The molecule has 0 aliphatic heterocycles. The van der Waals surface area contributed by atoms with E-state index in [1.54, 1.807) is 30.3 Å². The quantitative estimate of drug-likeness (QED) is 0.152. The Bertz CT molecular complexity index is 1570. The van der Waals surface area contributed by atoms with Crippen molar-refractivity contribution >= 4 is 23.7 Å². The van der Waals surface area contributed by atoms with Crippen molar-refractivity contribution in [1.82, 2.24) is 0 Å². The van der Waals surface area contributed by atoms with Gasteiger partial charge in [0.05, 0.1) is 18.2 Å². The van der Waals surface area contributed by atoms with Crippen LogP contribution in [0, 0.1) is 0 Å². The van der Waals surface area contributed by atoms with E-state index in [-0.39, 0.29) is 51.4 Å². The van der Waals surface area contributed by atoms with Gasteiger partial charge in [-0.2, -0.15) is 0 Å². The normalized spacial score (nSPS) is 11.1. The molecule has 0 spiro atoms. The number of aromatic hydroxyl groups is 4. The molecule has 0 aliphatic carbocycles. The first-order chi connectivity index (χ1) is 18.7. The largest absolute Gasteiger partial charge is 0.508 e.